The first-order chi connectivity index (χ1) is 19.4. The summed E-state index contributed by atoms with van der Waals surface area (Å²) in [6.07, 6.45) is 1.94. The fraction of sp³-hybridized carbons (Fsp3) is 0.182. The van der Waals surface area contributed by atoms with Gasteiger partial charge in [0, 0.05) is 28.1 Å². The maximum atomic E-state index is 13.5. The number of para-hydroxylation sites is 3. The highest BCUT2D eigenvalue weighted by atomic mass is 35.5. The number of aromatic amines is 1. The number of hydrogen-bond acceptors (Lipinski definition) is 4. The summed E-state index contributed by atoms with van der Waals surface area (Å²) < 4.78 is 5.54. The molecule has 0 amide bonds. The number of carboxylic acid groups (broad SMARTS) is 1. The molecule has 1 aromatic heterocycles. The van der Waals surface area contributed by atoms with Crippen molar-refractivity contribution < 1.29 is 19.4 Å². The summed E-state index contributed by atoms with van der Waals surface area (Å²) in [5.74, 6) is -0.00328. The summed E-state index contributed by atoms with van der Waals surface area (Å²) in [4.78, 5) is 34.0. The van der Waals surface area contributed by atoms with Gasteiger partial charge >= 0.3 is 5.97 Å². The molecule has 2 N–H and O–H groups in total. The number of nitrogens with one attached hydrogen (secondary N) is 1. The molecule has 4 aromatic carbocycles. The molecule has 0 aliphatic carbocycles. The number of methoxy groups -OCH3 is 1. The molecule has 1 unspecified atom stereocenters. The van der Waals surface area contributed by atoms with Gasteiger partial charge in [-0.25, -0.2) is 9.78 Å². The van der Waals surface area contributed by atoms with E-state index < -0.39 is 5.97 Å². The molecule has 5 rings (SSSR count). The van der Waals surface area contributed by atoms with Gasteiger partial charge in [-0.05, 0) is 53.8 Å². The summed E-state index contributed by atoms with van der Waals surface area (Å²) >= 11 is 6.68. The zero-order valence-corrected chi connectivity index (χ0v) is 23.0. The number of carboxylic acids is 1. The van der Waals surface area contributed by atoms with E-state index in [1.807, 2.05) is 54.6 Å². The molecular formula is C33H29ClN2O4. The van der Waals surface area contributed by atoms with Gasteiger partial charge in [-0.1, -0.05) is 79.5 Å². The number of ketones is 1. The molecule has 0 saturated carbocycles. The second kappa shape index (κ2) is 11.8. The minimum absolute atomic E-state index is 0.000597. The second-order valence-corrected chi connectivity index (χ2v) is 10.1. The summed E-state index contributed by atoms with van der Waals surface area (Å²) in [5, 5.41) is 10.6. The minimum Gasteiger partial charge on any atom is -0.496 e. The number of carbonyl (C=O) groups excluding carboxylic acids is 1. The van der Waals surface area contributed by atoms with Gasteiger partial charge in [-0.2, -0.15) is 0 Å². The van der Waals surface area contributed by atoms with Crippen molar-refractivity contribution in [1.82, 2.24) is 9.97 Å². The molecule has 0 aliphatic heterocycles. The van der Waals surface area contributed by atoms with Crippen LogP contribution in [0, 0.1) is 0 Å². The maximum Gasteiger partial charge on any atom is 0.336 e. The Kier molecular flexibility index (Phi) is 7.99. The Morgan fingerprint density at radius 3 is 2.50 bits per heavy atom. The first-order valence-electron chi connectivity index (χ1n) is 13.2. The quantitative estimate of drug-likeness (QED) is 0.170. The monoisotopic (exact) mass is 552 g/mol. The number of fused-ring (bicyclic) bond motifs is 1. The minimum atomic E-state index is -1.14. The summed E-state index contributed by atoms with van der Waals surface area (Å²) in [5.41, 5.74) is 4.60. The third-order valence-corrected chi connectivity index (χ3v) is 7.46. The van der Waals surface area contributed by atoms with E-state index in [1.165, 1.54) is 6.07 Å². The van der Waals surface area contributed by atoms with Crippen molar-refractivity contribution in [1.29, 1.82) is 0 Å². The lowest BCUT2D eigenvalue weighted by atomic mass is 9.86. The van der Waals surface area contributed by atoms with Crippen molar-refractivity contribution in [3.05, 3.63) is 107 Å². The van der Waals surface area contributed by atoms with E-state index in [0.717, 1.165) is 35.2 Å². The van der Waals surface area contributed by atoms with Crippen LogP contribution in [0.25, 0.3) is 33.5 Å². The van der Waals surface area contributed by atoms with Gasteiger partial charge < -0.3 is 14.8 Å². The van der Waals surface area contributed by atoms with E-state index in [4.69, 9.17) is 21.3 Å². The number of ether oxygens (including phenoxy) is 1. The lowest BCUT2D eigenvalue weighted by Crippen LogP contribution is -2.11. The van der Waals surface area contributed by atoms with E-state index in [2.05, 4.69) is 11.9 Å². The van der Waals surface area contributed by atoms with Crippen LogP contribution < -0.4 is 4.74 Å². The summed E-state index contributed by atoms with van der Waals surface area (Å²) in [6, 6.07) is 25.5. The largest absolute Gasteiger partial charge is 0.496 e. The number of hydrogen-bond donors (Lipinski definition) is 2. The van der Waals surface area contributed by atoms with Gasteiger partial charge in [0.2, 0.25) is 0 Å². The van der Waals surface area contributed by atoms with Crippen molar-refractivity contribution in [2.45, 2.75) is 32.1 Å². The standard InChI is InChI=1S/C33H29ClN2O4/c1-3-9-20(22-10-4-7-15-30(22)40-2)19-29(37)21-16-17-23(25(18-21)33(38)39)31-24(11-8-12-26(31)34)32-35-27-13-5-6-14-28(27)36-32/h4-8,10-18,20H,3,9,19H2,1-2H3,(H,35,36)(H,38,39). The fourth-order valence-corrected chi connectivity index (χ4v) is 5.53. The number of aromatic nitrogens is 2. The molecule has 5 aromatic rings. The highest BCUT2D eigenvalue weighted by molar-refractivity contribution is 6.34. The zero-order chi connectivity index (χ0) is 28.2. The SMILES string of the molecule is CCCC(CC(=O)c1ccc(-c2c(Cl)cccc2-c2nc3ccccc3[nH]2)c(C(=O)O)c1)c1ccccc1OC. The van der Waals surface area contributed by atoms with E-state index >= 15 is 0 Å². The predicted molar refractivity (Wildman–Crippen MR) is 159 cm³/mol. The molecule has 6 nitrogen and oxygen atoms in total. The average Bonchev–Trinajstić information content (AvgIpc) is 3.41. The number of Topliss-reactive ketones (excluding diaryl/α,β-unsaturated/α-hetero) is 1. The number of halogens is 1. The molecule has 202 valence electrons. The third kappa shape index (κ3) is 5.36. The van der Waals surface area contributed by atoms with Gasteiger partial charge in [0.05, 0.1) is 23.7 Å². The summed E-state index contributed by atoms with van der Waals surface area (Å²) in [6.45, 7) is 2.08. The van der Waals surface area contributed by atoms with Crippen molar-refractivity contribution in [3.63, 3.8) is 0 Å². The Labute approximate surface area is 237 Å². The first-order valence-corrected chi connectivity index (χ1v) is 13.6. The number of carbonyl (C=O) groups is 2. The number of rotatable bonds is 10. The predicted octanol–water partition coefficient (Wildman–Crippen LogP) is 8.41. The fourth-order valence-electron chi connectivity index (χ4n) is 5.25. The molecule has 0 bridgehead atoms. The number of nitrogens with zero attached hydrogens (tertiary/aromatic N) is 1. The molecule has 0 fully saturated rings. The molecule has 40 heavy (non-hydrogen) atoms. The Bertz CT molecular complexity index is 1680. The van der Waals surface area contributed by atoms with Crippen LogP contribution in [0.5, 0.6) is 5.75 Å². The van der Waals surface area contributed by atoms with Crippen LogP contribution in [0.3, 0.4) is 0 Å². The molecule has 0 aliphatic rings. The Hall–Kier alpha value is -4.42. The van der Waals surface area contributed by atoms with Gasteiger partial charge in [-0.15, -0.1) is 0 Å². The maximum absolute atomic E-state index is 13.5. The topological polar surface area (TPSA) is 92.3 Å². The smallest absolute Gasteiger partial charge is 0.336 e. The van der Waals surface area contributed by atoms with Crippen LogP contribution in [-0.2, 0) is 0 Å². The normalized spacial score (nSPS) is 11.9. The van der Waals surface area contributed by atoms with Gasteiger partial charge in [-0.3, -0.25) is 4.79 Å². The van der Waals surface area contributed by atoms with E-state index in [9.17, 15) is 14.7 Å². The Morgan fingerprint density at radius 2 is 1.75 bits per heavy atom. The number of imidazole rings is 1. The van der Waals surface area contributed by atoms with Crippen LogP contribution in [0.2, 0.25) is 5.02 Å². The lowest BCUT2D eigenvalue weighted by Gasteiger charge is -2.19. The van der Waals surface area contributed by atoms with Crippen LogP contribution in [0.15, 0.2) is 84.9 Å². The molecule has 0 saturated heterocycles. The Morgan fingerprint density at radius 1 is 0.975 bits per heavy atom. The van der Waals surface area contributed by atoms with Crippen LogP contribution in [0.4, 0.5) is 0 Å². The van der Waals surface area contributed by atoms with Crippen molar-refractivity contribution in [2.75, 3.05) is 7.11 Å². The van der Waals surface area contributed by atoms with Crippen LogP contribution in [0.1, 0.15) is 58.4 Å². The van der Waals surface area contributed by atoms with E-state index in [-0.39, 0.29) is 23.7 Å². The highest BCUT2D eigenvalue weighted by Gasteiger charge is 2.24. The molecular weight excluding hydrogens is 524 g/mol. The lowest BCUT2D eigenvalue weighted by molar-refractivity contribution is 0.0697. The van der Waals surface area contributed by atoms with Gasteiger partial charge in [0.1, 0.15) is 11.6 Å². The van der Waals surface area contributed by atoms with Gasteiger partial charge in [0.15, 0.2) is 5.78 Å². The molecule has 1 heterocycles. The third-order valence-electron chi connectivity index (χ3n) is 7.15. The average molecular weight is 553 g/mol. The van der Waals surface area contributed by atoms with Crippen LogP contribution >= 0.6 is 11.6 Å². The second-order valence-electron chi connectivity index (χ2n) is 9.69. The molecule has 0 radical (unpaired) electrons. The molecule has 1 atom stereocenters. The first kappa shape index (κ1) is 27.2. The van der Waals surface area contributed by atoms with Crippen LogP contribution in [-0.4, -0.2) is 33.9 Å². The zero-order valence-electron chi connectivity index (χ0n) is 22.3. The number of benzene rings is 4. The van der Waals surface area contributed by atoms with Crippen molar-refractivity contribution >= 4 is 34.4 Å². The highest BCUT2D eigenvalue weighted by Crippen LogP contribution is 2.40. The van der Waals surface area contributed by atoms with Crippen molar-refractivity contribution in [3.8, 4) is 28.3 Å². The molecule has 7 heteroatoms. The summed E-state index contributed by atoms with van der Waals surface area (Å²) in [7, 11) is 1.62. The number of aromatic carboxylic acids is 1. The number of H-pyrrole nitrogens is 1. The van der Waals surface area contributed by atoms with E-state index in [0.29, 0.717) is 33.1 Å². The van der Waals surface area contributed by atoms with Gasteiger partial charge in [0.25, 0.3) is 0 Å². The van der Waals surface area contributed by atoms with E-state index in [1.54, 1.807) is 31.4 Å². The Balaban J connectivity index is 1.54. The van der Waals surface area contributed by atoms with Crippen molar-refractivity contribution in [2.24, 2.45) is 0 Å². The molecule has 0 spiro atoms.